The molecule has 1 fully saturated rings. The van der Waals surface area contributed by atoms with Crippen molar-refractivity contribution in [2.75, 3.05) is 13.6 Å². The number of halogens is 1. The Bertz CT molecular complexity index is 573. The van der Waals surface area contributed by atoms with Crippen LogP contribution in [0.3, 0.4) is 0 Å². The molecule has 5 heteroatoms. The van der Waals surface area contributed by atoms with E-state index in [0.29, 0.717) is 11.1 Å². The predicted octanol–water partition coefficient (Wildman–Crippen LogP) is 2.19. The molecule has 1 unspecified atom stereocenters. The lowest BCUT2D eigenvalue weighted by molar-refractivity contribution is -0.138. The molecule has 0 aliphatic carbocycles. The average Bonchev–Trinajstić information content (AvgIpc) is 2.49. The average molecular weight is 289 g/mol. The third-order valence-corrected chi connectivity index (χ3v) is 4.02. The highest BCUT2D eigenvalue weighted by Gasteiger charge is 2.36. The van der Waals surface area contributed by atoms with E-state index in [1.165, 1.54) is 23.1 Å². The highest BCUT2D eigenvalue weighted by molar-refractivity contribution is 5.85. The molecule has 112 valence electrons. The third kappa shape index (κ3) is 3.40. The molecule has 21 heavy (non-hydrogen) atoms. The molecule has 1 atom stereocenters. The van der Waals surface area contributed by atoms with Crippen LogP contribution < -0.4 is 5.32 Å². The van der Waals surface area contributed by atoms with Gasteiger partial charge in [0, 0.05) is 19.2 Å². The Kier molecular flexibility index (Phi) is 4.59. The van der Waals surface area contributed by atoms with Crippen LogP contribution in [0.15, 0.2) is 18.2 Å². The molecule has 0 aromatic heterocycles. The number of carbonyl (C=O) groups excluding carboxylic acids is 1. The van der Waals surface area contributed by atoms with E-state index in [4.69, 9.17) is 5.26 Å². The van der Waals surface area contributed by atoms with Crippen molar-refractivity contribution in [3.63, 3.8) is 0 Å². The molecule has 0 saturated carbocycles. The van der Waals surface area contributed by atoms with Gasteiger partial charge in [-0.3, -0.25) is 4.79 Å². The third-order valence-electron chi connectivity index (χ3n) is 4.02. The Labute approximate surface area is 124 Å². The first-order valence-electron chi connectivity index (χ1n) is 7.15. The number of carbonyl (C=O) groups is 1. The summed E-state index contributed by atoms with van der Waals surface area (Å²) < 4.78 is 13.8. The molecule has 0 bridgehead atoms. The van der Waals surface area contributed by atoms with E-state index in [-0.39, 0.29) is 12.5 Å². The van der Waals surface area contributed by atoms with Gasteiger partial charge >= 0.3 is 0 Å². The van der Waals surface area contributed by atoms with Crippen molar-refractivity contribution in [3.8, 4) is 6.07 Å². The second-order valence-electron chi connectivity index (χ2n) is 5.80. The van der Waals surface area contributed by atoms with Crippen LogP contribution in [-0.2, 0) is 11.3 Å². The first-order valence-corrected chi connectivity index (χ1v) is 7.15. The van der Waals surface area contributed by atoms with Gasteiger partial charge in [-0.1, -0.05) is 0 Å². The maximum absolute atomic E-state index is 13.8. The Morgan fingerprint density at radius 1 is 1.52 bits per heavy atom. The van der Waals surface area contributed by atoms with Gasteiger partial charge in [0.1, 0.15) is 5.82 Å². The van der Waals surface area contributed by atoms with Crippen LogP contribution in [0, 0.1) is 17.1 Å². The molecule has 4 nitrogen and oxygen atoms in total. The molecular weight excluding hydrogens is 269 g/mol. The molecule has 1 aliphatic rings. The lowest BCUT2D eigenvalue weighted by Crippen LogP contribution is -2.57. The maximum Gasteiger partial charge on any atom is 0.242 e. The van der Waals surface area contributed by atoms with Crippen LogP contribution in [0.1, 0.15) is 37.3 Å². The second-order valence-corrected chi connectivity index (χ2v) is 5.80. The minimum absolute atomic E-state index is 0.0380. The Hall–Kier alpha value is -1.93. The summed E-state index contributed by atoms with van der Waals surface area (Å²) in [5, 5.41) is 12.1. The topological polar surface area (TPSA) is 56.1 Å². The molecule has 1 saturated heterocycles. The van der Waals surface area contributed by atoms with Gasteiger partial charge in [-0.2, -0.15) is 5.26 Å². The van der Waals surface area contributed by atoms with E-state index in [0.717, 1.165) is 25.8 Å². The van der Waals surface area contributed by atoms with Crippen LogP contribution in [0.4, 0.5) is 4.39 Å². The molecule has 0 radical (unpaired) electrons. The quantitative estimate of drug-likeness (QED) is 0.928. The van der Waals surface area contributed by atoms with Gasteiger partial charge < -0.3 is 10.2 Å². The number of likely N-dealkylation sites (N-methyl/N-ethyl adjacent to an activating group) is 1. The number of rotatable bonds is 3. The van der Waals surface area contributed by atoms with Gasteiger partial charge in [0.2, 0.25) is 5.91 Å². The summed E-state index contributed by atoms with van der Waals surface area (Å²) in [4.78, 5) is 14.1. The summed E-state index contributed by atoms with van der Waals surface area (Å²) in [5.41, 5.74) is 0.189. The van der Waals surface area contributed by atoms with Crippen molar-refractivity contribution in [1.82, 2.24) is 10.2 Å². The summed E-state index contributed by atoms with van der Waals surface area (Å²) in [5.74, 6) is -0.431. The standard InChI is InChI=1S/C16H20FN3O/c1-16(7-3-4-8-19-16)15(21)20(2)11-13-9-12(10-18)5-6-14(13)17/h5-6,9,19H,3-4,7-8,11H2,1-2H3. The number of amides is 1. The highest BCUT2D eigenvalue weighted by atomic mass is 19.1. The molecule has 1 heterocycles. The summed E-state index contributed by atoms with van der Waals surface area (Å²) >= 11 is 0. The SMILES string of the molecule is CN(Cc1cc(C#N)ccc1F)C(=O)C1(C)CCCCN1. The largest absolute Gasteiger partial charge is 0.340 e. The smallest absolute Gasteiger partial charge is 0.242 e. The number of nitrogens with zero attached hydrogens (tertiary/aromatic N) is 2. The van der Waals surface area contributed by atoms with Crippen molar-refractivity contribution in [2.24, 2.45) is 0 Å². The van der Waals surface area contributed by atoms with Crippen LogP contribution in [0.2, 0.25) is 0 Å². The number of nitriles is 1. The number of benzene rings is 1. The maximum atomic E-state index is 13.8. The lowest BCUT2D eigenvalue weighted by atomic mass is 9.89. The Balaban J connectivity index is 2.12. The molecule has 0 spiro atoms. The van der Waals surface area contributed by atoms with Gasteiger partial charge in [-0.25, -0.2) is 4.39 Å². The molecule has 2 rings (SSSR count). The Morgan fingerprint density at radius 2 is 2.29 bits per heavy atom. The zero-order chi connectivity index (χ0) is 15.5. The second kappa shape index (κ2) is 6.23. The van der Waals surface area contributed by atoms with E-state index < -0.39 is 11.4 Å². The minimum atomic E-state index is -0.573. The van der Waals surface area contributed by atoms with Crippen LogP contribution in [0.5, 0.6) is 0 Å². The number of hydrogen-bond acceptors (Lipinski definition) is 3. The molecule has 1 amide bonds. The molecule has 1 aromatic carbocycles. The van der Waals surface area contributed by atoms with Crippen molar-refractivity contribution < 1.29 is 9.18 Å². The van der Waals surface area contributed by atoms with Crippen molar-refractivity contribution >= 4 is 5.91 Å². The minimum Gasteiger partial charge on any atom is -0.340 e. The summed E-state index contributed by atoms with van der Waals surface area (Å²) in [6.07, 6.45) is 2.88. The van der Waals surface area contributed by atoms with Gasteiger partial charge in [0.25, 0.3) is 0 Å². The highest BCUT2D eigenvalue weighted by Crippen LogP contribution is 2.22. The molecule has 1 aliphatic heterocycles. The van der Waals surface area contributed by atoms with E-state index >= 15 is 0 Å². The van der Waals surface area contributed by atoms with E-state index in [9.17, 15) is 9.18 Å². The predicted molar refractivity (Wildman–Crippen MR) is 77.8 cm³/mol. The summed E-state index contributed by atoms with van der Waals surface area (Å²) in [7, 11) is 1.67. The fourth-order valence-corrected chi connectivity index (χ4v) is 2.75. The molecule has 1 aromatic rings. The fraction of sp³-hybridized carbons (Fsp3) is 0.500. The first-order chi connectivity index (χ1) is 9.96. The van der Waals surface area contributed by atoms with E-state index in [1.807, 2.05) is 13.0 Å². The number of nitrogens with one attached hydrogen (secondary N) is 1. The number of hydrogen-bond donors (Lipinski definition) is 1. The van der Waals surface area contributed by atoms with Gasteiger partial charge in [-0.05, 0) is 50.9 Å². The molecular formula is C16H20FN3O. The Morgan fingerprint density at radius 3 is 2.90 bits per heavy atom. The zero-order valence-electron chi connectivity index (χ0n) is 12.4. The van der Waals surface area contributed by atoms with Gasteiger partial charge in [-0.15, -0.1) is 0 Å². The van der Waals surface area contributed by atoms with Crippen LogP contribution in [-0.4, -0.2) is 29.9 Å². The zero-order valence-corrected chi connectivity index (χ0v) is 12.4. The number of piperidine rings is 1. The van der Waals surface area contributed by atoms with Crippen molar-refractivity contribution in [2.45, 2.75) is 38.3 Å². The van der Waals surface area contributed by atoms with Gasteiger partial charge in [0.05, 0.1) is 17.2 Å². The lowest BCUT2D eigenvalue weighted by Gasteiger charge is -2.36. The van der Waals surface area contributed by atoms with Crippen LogP contribution in [0.25, 0.3) is 0 Å². The van der Waals surface area contributed by atoms with E-state index in [2.05, 4.69) is 5.32 Å². The van der Waals surface area contributed by atoms with Gasteiger partial charge in [0.15, 0.2) is 0 Å². The van der Waals surface area contributed by atoms with Crippen molar-refractivity contribution in [3.05, 3.63) is 35.1 Å². The monoisotopic (exact) mass is 289 g/mol. The summed E-state index contributed by atoms with van der Waals surface area (Å²) in [6, 6.07) is 6.19. The fourth-order valence-electron chi connectivity index (χ4n) is 2.75. The van der Waals surface area contributed by atoms with E-state index in [1.54, 1.807) is 7.05 Å². The normalized spacial score (nSPS) is 21.6. The van der Waals surface area contributed by atoms with Crippen LogP contribution >= 0.6 is 0 Å². The summed E-state index contributed by atoms with van der Waals surface area (Å²) in [6.45, 7) is 2.89. The van der Waals surface area contributed by atoms with Crippen molar-refractivity contribution in [1.29, 1.82) is 5.26 Å². The molecule has 1 N–H and O–H groups in total. The first kappa shape index (κ1) is 15.5.